The summed E-state index contributed by atoms with van der Waals surface area (Å²) in [6, 6.07) is 7.36. The lowest BCUT2D eigenvalue weighted by atomic mass is 10.0. The Morgan fingerprint density at radius 3 is 2.57 bits per heavy atom. The van der Waals surface area contributed by atoms with Crippen molar-refractivity contribution in [1.29, 1.82) is 0 Å². The topological polar surface area (TPSA) is 99.8 Å². The molecule has 10 heteroatoms. The molecule has 0 bridgehead atoms. The lowest BCUT2D eigenvalue weighted by Crippen LogP contribution is -2.20. The Bertz CT molecular complexity index is 1060. The molecule has 1 aromatic carbocycles. The van der Waals surface area contributed by atoms with Crippen LogP contribution in [0.5, 0.6) is 0 Å². The van der Waals surface area contributed by atoms with Gasteiger partial charge in [0.25, 0.3) is 5.91 Å². The molecule has 0 atom stereocenters. The molecule has 0 fully saturated rings. The van der Waals surface area contributed by atoms with Crippen molar-refractivity contribution in [2.45, 2.75) is 19.6 Å². The van der Waals surface area contributed by atoms with Gasteiger partial charge in [0.15, 0.2) is 5.82 Å². The van der Waals surface area contributed by atoms with Gasteiger partial charge in [0.05, 0.1) is 17.0 Å². The number of aromatic nitrogens is 3. The van der Waals surface area contributed by atoms with Crippen LogP contribution in [0.25, 0.3) is 22.8 Å². The van der Waals surface area contributed by atoms with Crippen LogP contribution in [0.4, 0.5) is 19.0 Å². The summed E-state index contributed by atoms with van der Waals surface area (Å²) in [5.74, 6) is -0.871. The number of nitrogens with zero attached hydrogens (tertiary/aromatic N) is 3. The molecule has 146 valence electrons. The van der Waals surface area contributed by atoms with Gasteiger partial charge in [0.2, 0.25) is 0 Å². The molecule has 1 amide bonds. The van der Waals surface area contributed by atoms with Gasteiger partial charge in [-0.1, -0.05) is 17.7 Å². The van der Waals surface area contributed by atoms with Gasteiger partial charge in [-0.15, -0.1) is 0 Å². The van der Waals surface area contributed by atoms with E-state index in [0.29, 0.717) is 16.1 Å². The minimum absolute atomic E-state index is 0.00847. The highest BCUT2D eigenvalue weighted by Crippen LogP contribution is 2.37. The summed E-state index contributed by atoms with van der Waals surface area (Å²) in [5, 5.41) is 0.303. The first-order valence-corrected chi connectivity index (χ1v) is 8.40. The van der Waals surface area contributed by atoms with Crippen LogP contribution in [-0.4, -0.2) is 26.6 Å². The summed E-state index contributed by atoms with van der Waals surface area (Å²) in [6.07, 6.45) is -3.26. The number of halogens is 4. The first kappa shape index (κ1) is 19.7. The third kappa shape index (κ3) is 3.94. The molecule has 6 nitrogen and oxygen atoms in total. The van der Waals surface area contributed by atoms with Crippen LogP contribution >= 0.6 is 11.6 Å². The smallest absolute Gasteiger partial charge is 0.384 e. The Morgan fingerprint density at radius 1 is 1.25 bits per heavy atom. The molecule has 0 saturated heterocycles. The number of anilines is 1. The maximum atomic E-state index is 13.4. The van der Waals surface area contributed by atoms with Gasteiger partial charge < -0.3 is 16.0 Å². The van der Waals surface area contributed by atoms with Gasteiger partial charge in [-0.2, -0.15) is 13.2 Å². The molecule has 0 radical (unpaired) electrons. The van der Waals surface area contributed by atoms with Gasteiger partial charge in [-0.25, -0.2) is 9.97 Å². The molecule has 0 unspecified atom stereocenters. The van der Waals surface area contributed by atoms with Crippen molar-refractivity contribution < 1.29 is 18.0 Å². The SMILES string of the molecule is Cc1ccc(Cl)cc1-c1c(C(N)=O)cc(-c2nccc(N)n2)n1CC(F)(F)F. The lowest BCUT2D eigenvalue weighted by molar-refractivity contribution is -0.140. The molecular formula is C18H15ClF3N5O. The van der Waals surface area contributed by atoms with Gasteiger partial charge >= 0.3 is 6.18 Å². The van der Waals surface area contributed by atoms with E-state index in [1.54, 1.807) is 19.1 Å². The first-order valence-electron chi connectivity index (χ1n) is 8.02. The van der Waals surface area contributed by atoms with E-state index in [1.165, 1.54) is 24.4 Å². The number of nitrogen functional groups attached to an aromatic ring is 1. The maximum absolute atomic E-state index is 13.4. The number of primary amides is 1. The van der Waals surface area contributed by atoms with Crippen LogP contribution in [0.3, 0.4) is 0 Å². The second-order valence-electron chi connectivity index (χ2n) is 6.12. The number of rotatable bonds is 4. The van der Waals surface area contributed by atoms with Crippen LogP contribution in [0, 0.1) is 6.92 Å². The monoisotopic (exact) mass is 409 g/mol. The van der Waals surface area contributed by atoms with E-state index in [0.717, 1.165) is 4.57 Å². The zero-order chi connectivity index (χ0) is 20.6. The molecule has 0 aliphatic carbocycles. The molecule has 2 heterocycles. The quantitative estimate of drug-likeness (QED) is 0.684. The number of alkyl halides is 3. The van der Waals surface area contributed by atoms with Crippen LogP contribution in [0.15, 0.2) is 36.5 Å². The van der Waals surface area contributed by atoms with Gasteiger partial charge in [-0.05, 0) is 36.8 Å². The lowest BCUT2D eigenvalue weighted by Gasteiger charge is -2.17. The largest absolute Gasteiger partial charge is 0.406 e. The Labute approximate surface area is 163 Å². The van der Waals surface area contributed by atoms with Crippen molar-refractivity contribution in [1.82, 2.24) is 14.5 Å². The highest BCUT2D eigenvalue weighted by Gasteiger charge is 2.33. The third-order valence-corrected chi connectivity index (χ3v) is 4.30. The number of nitrogens with two attached hydrogens (primary N) is 2. The molecular weight excluding hydrogens is 395 g/mol. The van der Waals surface area contributed by atoms with Crippen LogP contribution in [-0.2, 0) is 6.54 Å². The molecule has 3 rings (SSSR count). The predicted octanol–water partition coefficient (Wildman–Crippen LogP) is 3.82. The van der Waals surface area contributed by atoms with E-state index in [9.17, 15) is 18.0 Å². The molecule has 0 spiro atoms. The van der Waals surface area contributed by atoms with Gasteiger partial charge in [-0.3, -0.25) is 4.79 Å². The normalized spacial score (nSPS) is 11.6. The summed E-state index contributed by atoms with van der Waals surface area (Å²) in [6.45, 7) is 0.313. The van der Waals surface area contributed by atoms with Crippen LogP contribution in [0.1, 0.15) is 15.9 Å². The van der Waals surface area contributed by atoms with Crippen molar-refractivity contribution in [3.63, 3.8) is 0 Å². The summed E-state index contributed by atoms with van der Waals surface area (Å²) >= 11 is 6.04. The predicted molar refractivity (Wildman–Crippen MR) is 99.6 cm³/mol. The number of hydrogen-bond donors (Lipinski definition) is 2. The molecule has 0 saturated carbocycles. The molecule has 3 aromatic rings. The summed E-state index contributed by atoms with van der Waals surface area (Å²) in [5.41, 5.74) is 11.9. The average Bonchev–Trinajstić information content (AvgIpc) is 2.94. The highest BCUT2D eigenvalue weighted by molar-refractivity contribution is 6.31. The molecule has 2 aromatic heterocycles. The fourth-order valence-corrected chi connectivity index (χ4v) is 3.07. The Kier molecular flexibility index (Phi) is 5.03. The summed E-state index contributed by atoms with van der Waals surface area (Å²) < 4.78 is 41.0. The summed E-state index contributed by atoms with van der Waals surface area (Å²) in [4.78, 5) is 20.0. The van der Waals surface area contributed by atoms with Crippen molar-refractivity contribution >= 4 is 23.3 Å². The van der Waals surface area contributed by atoms with E-state index in [-0.39, 0.29) is 28.6 Å². The van der Waals surface area contributed by atoms with E-state index in [4.69, 9.17) is 23.1 Å². The number of carbonyl (C=O) groups is 1. The van der Waals surface area contributed by atoms with Crippen molar-refractivity contribution in [3.8, 4) is 22.8 Å². The van der Waals surface area contributed by atoms with Crippen molar-refractivity contribution in [2.24, 2.45) is 5.73 Å². The molecule has 4 N–H and O–H groups in total. The number of amides is 1. The van der Waals surface area contributed by atoms with Crippen molar-refractivity contribution in [2.75, 3.05) is 5.73 Å². The molecule has 28 heavy (non-hydrogen) atoms. The Hall–Kier alpha value is -3.07. The Balaban J connectivity index is 2.39. The van der Waals surface area contributed by atoms with E-state index in [2.05, 4.69) is 9.97 Å². The fraction of sp³-hybridized carbons (Fsp3) is 0.167. The first-order chi connectivity index (χ1) is 13.1. The van der Waals surface area contributed by atoms with Crippen LogP contribution in [0.2, 0.25) is 5.02 Å². The number of carbonyl (C=O) groups excluding carboxylic acids is 1. The standard InChI is InChI=1S/C18H15ClF3N5O/c1-9-2-3-10(19)6-11(9)15-12(16(24)28)7-13(27(15)8-18(20,21)22)17-25-5-4-14(23)26-17/h2-7H,8H2,1H3,(H2,24,28)(H2,23,25,26). The minimum atomic E-state index is -4.58. The Morgan fingerprint density at radius 2 is 1.96 bits per heavy atom. The van der Waals surface area contributed by atoms with E-state index < -0.39 is 18.6 Å². The van der Waals surface area contributed by atoms with Gasteiger partial charge in [0, 0.05) is 16.8 Å². The van der Waals surface area contributed by atoms with Crippen LogP contribution < -0.4 is 11.5 Å². The molecule has 0 aliphatic heterocycles. The maximum Gasteiger partial charge on any atom is 0.406 e. The zero-order valence-electron chi connectivity index (χ0n) is 14.6. The highest BCUT2D eigenvalue weighted by atomic mass is 35.5. The number of aryl methyl sites for hydroxylation is 1. The second kappa shape index (κ2) is 7.16. The van der Waals surface area contributed by atoms with E-state index in [1.807, 2.05) is 0 Å². The fourth-order valence-electron chi connectivity index (χ4n) is 2.90. The minimum Gasteiger partial charge on any atom is -0.384 e. The van der Waals surface area contributed by atoms with E-state index >= 15 is 0 Å². The summed E-state index contributed by atoms with van der Waals surface area (Å²) in [7, 11) is 0. The third-order valence-electron chi connectivity index (χ3n) is 4.06. The zero-order valence-corrected chi connectivity index (χ0v) is 15.3. The average molecular weight is 410 g/mol. The second-order valence-corrected chi connectivity index (χ2v) is 6.56. The number of benzene rings is 1. The molecule has 0 aliphatic rings. The number of hydrogen-bond acceptors (Lipinski definition) is 4. The van der Waals surface area contributed by atoms with Crippen molar-refractivity contribution in [3.05, 3.63) is 52.7 Å². The van der Waals surface area contributed by atoms with Gasteiger partial charge in [0.1, 0.15) is 12.4 Å².